The minimum atomic E-state index is 0.0600. The van der Waals surface area contributed by atoms with Crippen LogP contribution in [0.4, 0.5) is 0 Å². The van der Waals surface area contributed by atoms with Gasteiger partial charge in [0, 0.05) is 42.2 Å². The van der Waals surface area contributed by atoms with Crippen molar-refractivity contribution in [3.05, 3.63) is 65.9 Å². The van der Waals surface area contributed by atoms with Crippen molar-refractivity contribution in [3.63, 3.8) is 0 Å². The highest BCUT2D eigenvalue weighted by Crippen LogP contribution is 2.41. The zero-order valence-corrected chi connectivity index (χ0v) is 13.3. The standard InChI is InChI=1S/C20H21NO2/c1-21-13-16(14-7-2-4-9-17(14)21)20(19-11-6-12-23-19)15-8-3-5-10-18(15)22/h2-5,7-10,13,19-20,22H,6,11-12H2,1H3/t19-,20+/m1/s1. The lowest BCUT2D eigenvalue weighted by Crippen LogP contribution is -2.19. The van der Waals surface area contributed by atoms with Crippen molar-refractivity contribution >= 4 is 10.9 Å². The monoisotopic (exact) mass is 307 g/mol. The Kier molecular flexibility index (Phi) is 3.58. The van der Waals surface area contributed by atoms with E-state index in [0.29, 0.717) is 5.75 Å². The minimum absolute atomic E-state index is 0.0600. The van der Waals surface area contributed by atoms with Crippen molar-refractivity contribution in [1.29, 1.82) is 0 Å². The first-order valence-electron chi connectivity index (χ1n) is 8.19. The van der Waals surface area contributed by atoms with Crippen LogP contribution in [0.15, 0.2) is 54.7 Å². The molecule has 1 fully saturated rings. The third-order valence-electron chi connectivity index (χ3n) is 4.87. The average Bonchev–Trinajstić information content (AvgIpc) is 3.20. The van der Waals surface area contributed by atoms with Crippen molar-refractivity contribution in [2.75, 3.05) is 6.61 Å². The number of ether oxygens (including phenoxy) is 1. The third kappa shape index (κ3) is 2.41. The Morgan fingerprint density at radius 2 is 1.87 bits per heavy atom. The summed E-state index contributed by atoms with van der Waals surface area (Å²) in [6.07, 6.45) is 4.42. The molecule has 1 aliphatic rings. The molecular formula is C20H21NO2. The summed E-state index contributed by atoms with van der Waals surface area (Å²) in [5.41, 5.74) is 3.40. The molecular weight excluding hydrogens is 286 g/mol. The lowest BCUT2D eigenvalue weighted by Gasteiger charge is -2.24. The number of phenolic OH excluding ortho intramolecular Hbond substituents is 1. The largest absolute Gasteiger partial charge is 0.508 e. The van der Waals surface area contributed by atoms with Crippen LogP contribution in [0.2, 0.25) is 0 Å². The zero-order valence-electron chi connectivity index (χ0n) is 13.3. The van der Waals surface area contributed by atoms with Crippen LogP contribution in [-0.2, 0) is 11.8 Å². The van der Waals surface area contributed by atoms with Crippen LogP contribution >= 0.6 is 0 Å². The fourth-order valence-corrected chi connectivity index (χ4v) is 3.80. The molecule has 2 atom stereocenters. The molecule has 0 bridgehead atoms. The first kappa shape index (κ1) is 14.3. The first-order chi connectivity index (χ1) is 11.3. The molecule has 118 valence electrons. The van der Waals surface area contributed by atoms with E-state index >= 15 is 0 Å². The molecule has 23 heavy (non-hydrogen) atoms. The number of aromatic nitrogens is 1. The van der Waals surface area contributed by atoms with Crippen molar-refractivity contribution < 1.29 is 9.84 Å². The molecule has 4 rings (SSSR count). The van der Waals surface area contributed by atoms with Crippen LogP contribution in [0.3, 0.4) is 0 Å². The Morgan fingerprint density at radius 1 is 1.09 bits per heavy atom. The number of aryl methyl sites for hydroxylation is 1. The van der Waals surface area contributed by atoms with Crippen molar-refractivity contribution in [3.8, 4) is 5.75 Å². The summed E-state index contributed by atoms with van der Waals surface area (Å²) in [6, 6.07) is 16.1. The Morgan fingerprint density at radius 3 is 2.65 bits per heavy atom. The second kappa shape index (κ2) is 5.74. The molecule has 1 aliphatic heterocycles. The Hall–Kier alpha value is -2.26. The van der Waals surface area contributed by atoms with Gasteiger partial charge in [-0.25, -0.2) is 0 Å². The summed E-state index contributed by atoms with van der Waals surface area (Å²) < 4.78 is 8.18. The lowest BCUT2D eigenvalue weighted by atomic mass is 9.84. The molecule has 1 N–H and O–H groups in total. The van der Waals surface area contributed by atoms with E-state index in [-0.39, 0.29) is 12.0 Å². The van der Waals surface area contributed by atoms with E-state index < -0.39 is 0 Å². The summed E-state index contributed by atoms with van der Waals surface area (Å²) in [6.45, 7) is 0.805. The lowest BCUT2D eigenvalue weighted by molar-refractivity contribution is 0.0978. The van der Waals surface area contributed by atoms with Crippen LogP contribution in [0.1, 0.15) is 29.9 Å². The quantitative estimate of drug-likeness (QED) is 0.787. The molecule has 3 nitrogen and oxygen atoms in total. The number of phenols is 1. The maximum atomic E-state index is 10.4. The molecule has 0 radical (unpaired) electrons. The fourth-order valence-electron chi connectivity index (χ4n) is 3.80. The maximum absolute atomic E-state index is 10.4. The Bertz CT molecular complexity index is 831. The molecule has 2 aromatic carbocycles. The van der Waals surface area contributed by atoms with E-state index in [1.165, 1.54) is 16.5 Å². The molecule has 0 amide bonds. The number of fused-ring (bicyclic) bond motifs is 1. The van der Waals surface area contributed by atoms with Gasteiger partial charge in [-0.1, -0.05) is 36.4 Å². The summed E-state index contributed by atoms with van der Waals surface area (Å²) in [4.78, 5) is 0. The van der Waals surface area contributed by atoms with Gasteiger partial charge in [-0.05, 0) is 30.5 Å². The number of aromatic hydroxyl groups is 1. The second-order valence-corrected chi connectivity index (χ2v) is 6.30. The number of para-hydroxylation sites is 2. The highest BCUT2D eigenvalue weighted by atomic mass is 16.5. The first-order valence-corrected chi connectivity index (χ1v) is 8.19. The number of nitrogens with zero attached hydrogens (tertiary/aromatic N) is 1. The van der Waals surface area contributed by atoms with Gasteiger partial charge >= 0.3 is 0 Å². The summed E-state index contributed by atoms with van der Waals surface area (Å²) in [5.74, 6) is 0.408. The third-order valence-corrected chi connectivity index (χ3v) is 4.87. The molecule has 0 spiro atoms. The number of hydrogen-bond acceptors (Lipinski definition) is 2. The van der Waals surface area contributed by atoms with Gasteiger partial charge in [0.05, 0.1) is 6.10 Å². The van der Waals surface area contributed by atoms with Gasteiger partial charge < -0.3 is 14.4 Å². The normalized spacial score (nSPS) is 19.3. The molecule has 0 saturated carbocycles. The van der Waals surface area contributed by atoms with E-state index in [2.05, 4.69) is 42.1 Å². The minimum Gasteiger partial charge on any atom is -0.508 e. The molecule has 2 heterocycles. The Balaban J connectivity index is 1.92. The SMILES string of the molecule is Cn1cc([C@H](c2ccccc2O)[C@H]2CCCO2)c2ccccc21. The predicted octanol–water partition coefficient (Wildman–Crippen LogP) is 4.19. The van der Waals surface area contributed by atoms with Crippen LogP contribution in [0.5, 0.6) is 5.75 Å². The van der Waals surface area contributed by atoms with E-state index in [4.69, 9.17) is 4.74 Å². The molecule has 3 heteroatoms. The summed E-state index contributed by atoms with van der Waals surface area (Å²) in [7, 11) is 2.07. The van der Waals surface area contributed by atoms with E-state index in [1.54, 1.807) is 6.07 Å². The van der Waals surface area contributed by atoms with Gasteiger partial charge in [-0.15, -0.1) is 0 Å². The number of rotatable bonds is 3. The van der Waals surface area contributed by atoms with Crippen LogP contribution in [0.25, 0.3) is 10.9 Å². The van der Waals surface area contributed by atoms with Crippen LogP contribution < -0.4 is 0 Å². The molecule has 1 saturated heterocycles. The molecule has 1 aromatic heterocycles. The fraction of sp³-hybridized carbons (Fsp3) is 0.300. The smallest absolute Gasteiger partial charge is 0.119 e. The van der Waals surface area contributed by atoms with Crippen molar-refractivity contribution in [2.45, 2.75) is 24.9 Å². The van der Waals surface area contributed by atoms with Crippen molar-refractivity contribution in [1.82, 2.24) is 4.57 Å². The van der Waals surface area contributed by atoms with Crippen LogP contribution in [-0.4, -0.2) is 22.4 Å². The molecule has 0 aliphatic carbocycles. The second-order valence-electron chi connectivity index (χ2n) is 6.30. The maximum Gasteiger partial charge on any atom is 0.119 e. The highest BCUT2D eigenvalue weighted by molar-refractivity contribution is 5.85. The Labute approximate surface area is 136 Å². The predicted molar refractivity (Wildman–Crippen MR) is 91.8 cm³/mol. The van der Waals surface area contributed by atoms with E-state index in [9.17, 15) is 5.11 Å². The number of benzene rings is 2. The van der Waals surface area contributed by atoms with Gasteiger partial charge in [-0.3, -0.25) is 0 Å². The summed E-state index contributed by atoms with van der Waals surface area (Å²) >= 11 is 0. The van der Waals surface area contributed by atoms with Gasteiger partial charge in [-0.2, -0.15) is 0 Å². The van der Waals surface area contributed by atoms with Gasteiger partial charge in [0.2, 0.25) is 0 Å². The highest BCUT2D eigenvalue weighted by Gasteiger charge is 2.32. The molecule has 3 aromatic rings. The van der Waals surface area contributed by atoms with Gasteiger partial charge in [0.25, 0.3) is 0 Å². The number of hydrogen-bond donors (Lipinski definition) is 1. The average molecular weight is 307 g/mol. The summed E-state index contributed by atoms with van der Waals surface area (Å²) in [5, 5.41) is 11.7. The molecule has 0 unspecified atom stereocenters. The van der Waals surface area contributed by atoms with Gasteiger partial charge in [0.1, 0.15) is 5.75 Å². The van der Waals surface area contributed by atoms with E-state index in [0.717, 1.165) is 25.0 Å². The van der Waals surface area contributed by atoms with Gasteiger partial charge in [0.15, 0.2) is 0 Å². The topological polar surface area (TPSA) is 34.4 Å². The van der Waals surface area contributed by atoms with Crippen LogP contribution in [0, 0.1) is 0 Å². The van der Waals surface area contributed by atoms with Crippen molar-refractivity contribution in [2.24, 2.45) is 7.05 Å². The zero-order chi connectivity index (χ0) is 15.8. The van der Waals surface area contributed by atoms with E-state index in [1.807, 2.05) is 18.2 Å².